The Hall–Kier alpha value is -5.14. The van der Waals surface area contributed by atoms with Gasteiger partial charge < -0.3 is 19.5 Å². The summed E-state index contributed by atoms with van der Waals surface area (Å²) in [7, 11) is 3.20. The van der Waals surface area contributed by atoms with Crippen molar-refractivity contribution in [2.24, 2.45) is 5.10 Å². The lowest BCUT2D eigenvalue weighted by molar-refractivity contribution is -0.130. The molecule has 0 radical (unpaired) electrons. The maximum atomic E-state index is 13.9. The van der Waals surface area contributed by atoms with Crippen LogP contribution in [0.5, 0.6) is 17.2 Å². The summed E-state index contributed by atoms with van der Waals surface area (Å²) in [5, 5.41) is 20.7. The molecular weight excluding hydrogens is 649 g/mol. The fourth-order valence-electron chi connectivity index (χ4n) is 5.24. The van der Waals surface area contributed by atoms with Crippen molar-refractivity contribution in [2.75, 3.05) is 26.6 Å². The van der Waals surface area contributed by atoms with Gasteiger partial charge in [-0.15, -0.1) is 21.5 Å². The number of thiophene rings is 1. The van der Waals surface area contributed by atoms with E-state index < -0.39 is 0 Å². The van der Waals surface area contributed by atoms with Gasteiger partial charge in [-0.1, -0.05) is 30.0 Å². The molecule has 246 valence electrons. The van der Waals surface area contributed by atoms with Gasteiger partial charge in [0.15, 0.2) is 11.0 Å². The van der Waals surface area contributed by atoms with E-state index in [4.69, 9.17) is 19.3 Å². The maximum absolute atomic E-state index is 13.9. The van der Waals surface area contributed by atoms with Crippen LogP contribution in [-0.4, -0.2) is 63.9 Å². The summed E-state index contributed by atoms with van der Waals surface area (Å²) in [6.07, 6.45) is 0.601. The third-order valence-electron chi connectivity index (χ3n) is 7.66. The zero-order valence-corrected chi connectivity index (χ0v) is 28.3. The molecule has 1 atom stereocenters. The molecule has 2 amide bonds. The van der Waals surface area contributed by atoms with Crippen LogP contribution in [0, 0.1) is 0 Å². The number of hydrazone groups is 1. The van der Waals surface area contributed by atoms with Gasteiger partial charge in [-0.05, 0) is 84.6 Å². The first-order valence-corrected chi connectivity index (χ1v) is 17.1. The van der Waals surface area contributed by atoms with Crippen LogP contribution in [0.25, 0.3) is 5.69 Å². The summed E-state index contributed by atoms with van der Waals surface area (Å²) in [5.74, 6) is 2.29. The van der Waals surface area contributed by atoms with Gasteiger partial charge in [-0.3, -0.25) is 14.2 Å². The third-order valence-corrected chi connectivity index (χ3v) is 9.49. The van der Waals surface area contributed by atoms with E-state index in [0.29, 0.717) is 35.3 Å². The zero-order chi connectivity index (χ0) is 33.5. The molecule has 0 saturated carbocycles. The van der Waals surface area contributed by atoms with Crippen LogP contribution in [0.3, 0.4) is 0 Å². The Balaban J connectivity index is 1.23. The summed E-state index contributed by atoms with van der Waals surface area (Å²) < 4.78 is 18.0. The molecule has 0 aliphatic carbocycles. The van der Waals surface area contributed by atoms with E-state index in [1.165, 1.54) is 11.8 Å². The van der Waals surface area contributed by atoms with Crippen molar-refractivity contribution in [1.82, 2.24) is 25.1 Å². The van der Waals surface area contributed by atoms with Gasteiger partial charge in [0.25, 0.3) is 11.8 Å². The highest BCUT2D eigenvalue weighted by Gasteiger charge is 2.34. The van der Waals surface area contributed by atoms with Gasteiger partial charge in [0.2, 0.25) is 0 Å². The Morgan fingerprint density at radius 3 is 2.25 bits per heavy atom. The van der Waals surface area contributed by atoms with E-state index in [0.717, 1.165) is 33.3 Å². The third kappa shape index (κ3) is 7.37. The number of rotatable bonds is 13. The van der Waals surface area contributed by atoms with Crippen molar-refractivity contribution in [3.05, 3.63) is 112 Å². The molecule has 13 heteroatoms. The standard InChI is InChI=1S/C35H34N6O5S2/c1-4-46-28-17-11-25(12-18-28)40-32(21-36-34(43)24-9-15-27(45-3)16-10-24)37-38-35(40)48-22-33(42)41-30(23-7-13-26(44-2)14-8-23)20-29(39-41)31-6-5-19-47-31/h5-19,30H,4,20-22H2,1-3H3,(H,36,43). The van der Waals surface area contributed by atoms with Gasteiger partial charge in [0.1, 0.15) is 17.2 Å². The molecule has 1 N–H and O–H groups in total. The Kier molecular flexibility index (Phi) is 10.4. The van der Waals surface area contributed by atoms with Crippen molar-refractivity contribution in [3.8, 4) is 22.9 Å². The monoisotopic (exact) mass is 682 g/mol. The van der Waals surface area contributed by atoms with Gasteiger partial charge in [-0.2, -0.15) is 5.10 Å². The fourth-order valence-corrected chi connectivity index (χ4v) is 6.78. The first kappa shape index (κ1) is 32.8. The Morgan fingerprint density at radius 1 is 0.917 bits per heavy atom. The Bertz CT molecular complexity index is 1870. The van der Waals surface area contributed by atoms with Crippen molar-refractivity contribution < 1.29 is 23.8 Å². The van der Waals surface area contributed by atoms with E-state index in [-0.39, 0.29) is 30.2 Å². The average molecular weight is 683 g/mol. The van der Waals surface area contributed by atoms with Gasteiger partial charge in [-0.25, -0.2) is 5.01 Å². The second kappa shape index (κ2) is 15.2. The minimum absolute atomic E-state index is 0.0707. The molecule has 6 rings (SSSR count). The van der Waals surface area contributed by atoms with Crippen molar-refractivity contribution >= 4 is 40.6 Å². The number of carbonyl (C=O) groups is 2. The number of ether oxygens (including phenoxy) is 3. The molecule has 0 fully saturated rings. The molecule has 0 bridgehead atoms. The Morgan fingerprint density at radius 2 is 1.60 bits per heavy atom. The van der Waals surface area contributed by atoms with Gasteiger partial charge in [0, 0.05) is 17.7 Å². The number of nitrogens with zero attached hydrogens (tertiary/aromatic N) is 5. The summed E-state index contributed by atoms with van der Waals surface area (Å²) in [6, 6.07) is 25.9. The number of nitrogens with one attached hydrogen (secondary N) is 1. The van der Waals surface area contributed by atoms with Crippen molar-refractivity contribution in [1.29, 1.82) is 0 Å². The molecule has 1 aliphatic rings. The molecule has 5 aromatic rings. The lowest BCUT2D eigenvalue weighted by Gasteiger charge is -2.22. The maximum Gasteiger partial charge on any atom is 0.253 e. The number of carbonyl (C=O) groups excluding carboxylic acids is 2. The summed E-state index contributed by atoms with van der Waals surface area (Å²) >= 11 is 2.86. The zero-order valence-electron chi connectivity index (χ0n) is 26.7. The van der Waals surface area contributed by atoms with Crippen LogP contribution in [0.15, 0.2) is 101 Å². The highest BCUT2D eigenvalue weighted by atomic mass is 32.2. The number of aromatic nitrogens is 3. The minimum Gasteiger partial charge on any atom is -0.497 e. The molecule has 2 aromatic heterocycles. The molecule has 0 spiro atoms. The van der Waals surface area contributed by atoms with Crippen LogP contribution >= 0.6 is 23.1 Å². The molecule has 0 saturated heterocycles. The predicted octanol–water partition coefficient (Wildman–Crippen LogP) is 6.14. The van der Waals surface area contributed by atoms with Crippen LogP contribution in [0.2, 0.25) is 0 Å². The number of amides is 2. The van der Waals surface area contributed by atoms with Crippen LogP contribution in [0.4, 0.5) is 0 Å². The summed E-state index contributed by atoms with van der Waals surface area (Å²) in [6.45, 7) is 2.58. The lowest BCUT2D eigenvalue weighted by Crippen LogP contribution is -2.28. The minimum atomic E-state index is -0.263. The van der Waals surface area contributed by atoms with Crippen LogP contribution in [0.1, 0.15) is 46.0 Å². The normalized spacial score (nSPS) is 14.0. The van der Waals surface area contributed by atoms with Crippen LogP contribution < -0.4 is 19.5 Å². The smallest absolute Gasteiger partial charge is 0.253 e. The van der Waals surface area contributed by atoms with E-state index >= 15 is 0 Å². The number of thioether (sulfide) groups is 1. The topological polar surface area (TPSA) is 120 Å². The predicted molar refractivity (Wildman–Crippen MR) is 185 cm³/mol. The summed E-state index contributed by atoms with van der Waals surface area (Å²) in [5.41, 5.74) is 3.10. The highest BCUT2D eigenvalue weighted by molar-refractivity contribution is 7.99. The lowest BCUT2D eigenvalue weighted by atomic mass is 10.0. The quantitative estimate of drug-likeness (QED) is 0.147. The van der Waals surface area contributed by atoms with Crippen molar-refractivity contribution in [3.63, 3.8) is 0 Å². The van der Waals surface area contributed by atoms with Gasteiger partial charge >= 0.3 is 0 Å². The molecule has 1 aliphatic heterocycles. The van der Waals surface area contributed by atoms with Crippen LogP contribution in [-0.2, 0) is 11.3 Å². The molecule has 3 heterocycles. The second-order valence-corrected chi connectivity index (χ2v) is 12.5. The highest BCUT2D eigenvalue weighted by Crippen LogP contribution is 2.35. The van der Waals surface area contributed by atoms with E-state index in [9.17, 15) is 9.59 Å². The fraction of sp³-hybridized carbons (Fsp3) is 0.229. The number of benzene rings is 3. The summed E-state index contributed by atoms with van der Waals surface area (Å²) in [4.78, 5) is 27.8. The van der Waals surface area contributed by atoms with E-state index in [1.807, 2.05) is 77.5 Å². The average Bonchev–Trinajstić information content (AvgIpc) is 3.91. The number of hydrogen-bond donors (Lipinski definition) is 1. The molecule has 1 unspecified atom stereocenters. The molecule has 3 aromatic carbocycles. The largest absolute Gasteiger partial charge is 0.497 e. The second-order valence-electron chi connectivity index (χ2n) is 10.6. The first-order chi connectivity index (χ1) is 23.5. The number of hydrogen-bond acceptors (Lipinski definition) is 10. The molecular formula is C35H34N6O5S2. The Labute approximate surface area is 286 Å². The first-order valence-electron chi connectivity index (χ1n) is 15.3. The molecule has 48 heavy (non-hydrogen) atoms. The molecule has 11 nitrogen and oxygen atoms in total. The van der Waals surface area contributed by atoms with Crippen molar-refractivity contribution in [2.45, 2.75) is 31.1 Å². The number of methoxy groups -OCH3 is 2. The van der Waals surface area contributed by atoms with Gasteiger partial charge in [0.05, 0.1) is 49.8 Å². The van der Waals surface area contributed by atoms with E-state index in [1.54, 1.807) is 54.8 Å². The SMILES string of the molecule is CCOc1ccc(-n2c(CNC(=O)c3ccc(OC)cc3)nnc2SCC(=O)N2N=C(c3cccs3)CC2c2ccc(OC)cc2)cc1. The van der Waals surface area contributed by atoms with E-state index in [2.05, 4.69) is 15.5 Å².